The SMILES string of the molecule is CCCCC(CC)COC(=O)N=NC(=O)OC(C)C. The molecule has 0 saturated heterocycles. The minimum Gasteiger partial charge on any atom is -0.447 e. The maximum absolute atomic E-state index is 11.2. The van der Waals surface area contributed by atoms with E-state index in [4.69, 9.17) is 9.47 Å². The number of azo groups is 1. The number of hydrogen-bond acceptors (Lipinski definition) is 4. The van der Waals surface area contributed by atoms with E-state index >= 15 is 0 Å². The fourth-order valence-corrected chi connectivity index (χ4v) is 1.42. The molecule has 2 amide bonds. The van der Waals surface area contributed by atoms with E-state index < -0.39 is 12.2 Å². The molecule has 0 aromatic heterocycles. The number of unbranched alkanes of at least 4 members (excludes halogenated alkanes) is 1. The van der Waals surface area contributed by atoms with Crippen LogP contribution in [-0.4, -0.2) is 24.9 Å². The van der Waals surface area contributed by atoms with Gasteiger partial charge in [0.05, 0.1) is 12.7 Å². The molecular formula is C13H24N2O4. The van der Waals surface area contributed by atoms with Gasteiger partial charge in [-0.1, -0.05) is 43.3 Å². The largest absolute Gasteiger partial charge is 0.452 e. The van der Waals surface area contributed by atoms with E-state index in [-0.39, 0.29) is 6.10 Å². The lowest BCUT2D eigenvalue weighted by molar-refractivity contribution is 0.118. The van der Waals surface area contributed by atoms with Crippen molar-refractivity contribution in [2.75, 3.05) is 6.61 Å². The summed E-state index contributed by atoms with van der Waals surface area (Å²) >= 11 is 0. The first-order valence-corrected chi connectivity index (χ1v) is 6.78. The van der Waals surface area contributed by atoms with E-state index in [2.05, 4.69) is 24.1 Å². The summed E-state index contributed by atoms with van der Waals surface area (Å²) in [6, 6.07) is 0. The summed E-state index contributed by atoms with van der Waals surface area (Å²) in [5.41, 5.74) is 0. The Kier molecular flexibility index (Phi) is 9.66. The van der Waals surface area contributed by atoms with Crippen LogP contribution in [0.5, 0.6) is 0 Å². The van der Waals surface area contributed by atoms with Gasteiger partial charge >= 0.3 is 12.2 Å². The lowest BCUT2D eigenvalue weighted by Crippen LogP contribution is -2.12. The molecule has 0 fully saturated rings. The van der Waals surface area contributed by atoms with Gasteiger partial charge in [-0.3, -0.25) is 0 Å². The van der Waals surface area contributed by atoms with Crippen molar-refractivity contribution in [3.8, 4) is 0 Å². The van der Waals surface area contributed by atoms with Gasteiger partial charge in [0.25, 0.3) is 0 Å². The second-order valence-electron chi connectivity index (χ2n) is 4.63. The molecule has 0 radical (unpaired) electrons. The lowest BCUT2D eigenvalue weighted by Gasteiger charge is -2.12. The zero-order chi connectivity index (χ0) is 14.7. The zero-order valence-electron chi connectivity index (χ0n) is 12.2. The molecule has 0 heterocycles. The maximum Gasteiger partial charge on any atom is 0.452 e. The van der Waals surface area contributed by atoms with E-state index in [0.717, 1.165) is 25.7 Å². The topological polar surface area (TPSA) is 77.3 Å². The van der Waals surface area contributed by atoms with Crippen molar-refractivity contribution in [2.45, 2.75) is 59.5 Å². The molecule has 0 aromatic carbocycles. The Morgan fingerprint density at radius 2 is 1.74 bits per heavy atom. The monoisotopic (exact) mass is 272 g/mol. The van der Waals surface area contributed by atoms with Gasteiger partial charge in [-0.2, -0.15) is 0 Å². The Hall–Kier alpha value is -1.46. The molecule has 0 saturated carbocycles. The Morgan fingerprint density at radius 1 is 1.11 bits per heavy atom. The maximum atomic E-state index is 11.2. The van der Waals surface area contributed by atoms with Crippen LogP contribution in [0.1, 0.15) is 53.4 Å². The summed E-state index contributed by atoms with van der Waals surface area (Å²) in [7, 11) is 0. The van der Waals surface area contributed by atoms with Gasteiger partial charge < -0.3 is 9.47 Å². The number of amides is 2. The number of hydrogen-bond donors (Lipinski definition) is 0. The third kappa shape index (κ3) is 10.2. The van der Waals surface area contributed by atoms with Gasteiger partial charge in [-0.25, -0.2) is 9.59 Å². The molecule has 0 aromatic rings. The first kappa shape index (κ1) is 17.5. The predicted molar refractivity (Wildman–Crippen MR) is 71.1 cm³/mol. The predicted octanol–water partition coefficient (Wildman–Crippen LogP) is 4.34. The third-order valence-electron chi connectivity index (χ3n) is 2.54. The summed E-state index contributed by atoms with van der Waals surface area (Å²) in [6.45, 7) is 7.85. The molecule has 6 nitrogen and oxygen atoms in total. The van der Waals surface area contributed by atoms with E-state index in [0.29, 0.717) is 12.5 Å². The van der Waals surface area contributed by atoms with Gasteiger partial charge in [-0.15, -0.1) is 0 Å². The molecule has 110 valence electrons. The average molecular weight is 272 g/mol. The van der Waals surface area contributed by atoms with Crippen molar-refractivity contribution in [3.63, 3.8) is 0 Å². The summed E-state index contributed by atoms with van der Waals surface area (Å²) in [5.74, 6) is 0.335. The van der Waals surface area contributed by atoms with Gasteiger partial charge in [-0.05, 0) is 26.2 Å². The molecule has 1 atom stereocenters. The molecule has 6 heteroatoms. The van der Waals surface area contributed by atoms with Gasteiger partial charge in [0, 0.05) is 0 Å². The molecule has 0 rings (SSSR count). The fraction of sp³-hybridized carbons (Fsp3) is 0.846. The highest BCUT2D eigenvalue weighted by atomic mass is 16.6. The molecule has 0 N–H and O–H groups in total. The van der Waals surface area contributed by atoms with E-state index in [9.17, 15) is 9.59 Å². The van der Waals surface area contributed by atoms with Gasteiger partial charge in [0.15, 0.2) is 0 Å². The smallest absolute Gasteiger partial charge is 0.447 e. The Labute approximate surface area is 114 Å². The first-order valence-electron chi connectivity index (χ1n) is 6.78. The van der Waals surface area contributed by atoms with Crippen molar-refractivity contribution >= 4 is 12.2 Å². The van der Waals surface area contributed by atoms with Crippen LogP contribution in [0, 0.1) is 5.92 Å². The molecule has 0 aliphatic heterocycles. The lowest BCUT2D eigenvalue weighted by atomic mass is 10.0. The van der Waals surface area contributed by atoms with Crippen molar-refractivity contribution in [2.24, 2.45) is 16.1 Å². The number of nitrogens with zero attached hydrogens (tertiary/aromatic N) is 2. The van der Waals surface area contributed by atoms with E-state index in [1.807, 2.05) is 0 Å². The number of carbonyl (C=O) groups is 2. The number of ether oxygens (including phenoxy) is 2. The number of carbonyl (C=O) groups excluding carboxylic acids is 2. The Bertz CT molecular complexity index is 303. The summed E-state index contributed by atoms with van der Waals surface area (Å²) in [5, 5.41) is 6.27. The molecular weight excluding hydrogens is 248 g/mol. The molecule has 0 aliphatic rings. The Morgan fingerprint density at radius 3 is 2.26 bits per heavy atom. The van der Waals surface area contributed by atoms with Crippen LogP contribution >= 0.6 is 0 Å². The van der Waals surface area contributed by atoms with Crippen LogP contribution < -0.4 is 0 Å². The normalized spacial score (nSPS) is 12.7. The minimum atomic E-state index is -0.884. The van der Waals surface area contributed by atoms with Crippen molar-refractivity contribution < 1.29 is 19.1 Å². The summed E-state index contributed by atoms with van der Waals surface area (Å²) in [6.07, 6.45) is 2.16. The van der Waals surface area contributed by atoms with Crippen molar-refractivity contribution in [1.82, 2.24) is 0 Å². The molecule has 19 heavy (non-hydrogen) atoms. The average Bonchev–Trinajstić information content (AvgIpc) is 2.35. The second kappa shape index (κ2) is 10.5. The van der Waals surface area contributed by atoms with Gasteiger partial charge in [0.2, 0.25) is 0 Å². The highest BCUT2D eigenvalue weighted by molar-refractivity contribution is 5.73. The van der Waals surface area contributed by atoms with Crippen molar-refractivity contribution in [3.05, 3.63) is 0 Å². The molecule has 1 unspecified atom stereocenters. The van der Waals surface area contributed by atoms with Crippen LogP contribution in [-0.2, 0) is 9.47 Å². The summed E-state index contributed by atoms with van der Waals surface area (Å²) < 4.78 is 9.63. The van der Waals surface area contributed by atoms with Crippen LogP contribution in [0.15, 0.2) is 10.2 Å². The molecule has 0 aliphatic carbocycles. The Balaban J connectivity index is 3.96. The zero-order valence-corrected chi connectivity index (χ0v) is 12.2. The highest BCUT2D eigenvalue weighted by Gasteiger charge is 2.10. The van der Waals surface area contributed by atoms with E-state index in [1.165, 1.54) is 0 Å². The third-order valence-corrected chi connectivity index (χ3v) is 2.54. The highest BCUT2D eigenvalue weighted by Crippen LogP contribution is 2.13. The van der Waals surface area contributed by atoms with Crippen LogP contribution in [0.2, 0.25) is 0 Å². The first-order chi connectivity index (χ1) is 8.99. The van der Waals surface area contributed by atoms with Crippen LogP contribution in [0.25, 0.3) is 0 Å². The molecule has 0 bridgehead atoms. The quantitative estimate of drug-likeness (QED) is 0.646. The fourth-order valence-electron chi connectivity index (χ4n) is 1.42. The number of rotatable bonds is 7. The van der Waals surface area contributed by atoms with Gasteiger partial charge in [0.1, 0.15) is 0 Å². The second-order valence-corrected chi connectivity index (χ2v) is 4.63. The summed E-state index contributed by atoms with van der Waals surface area (Å²) in [4.78, 5) is 22.2. The van der Waals surface area contributed by atoms with Crippen LogP contribution in [0.3, 0.4) is 0 Å². The van der Waals surface area contributed by atoms with Crippen LogP contribution in [0.4, 0.5) is 9.59 Å². The standard InChI is InChI=1S/C13H24N2O4/c1-5-7-8-11(6-2)9-18-12(16)14-15-13(17)19-10(3)4/h10-11H,5-9H2,1-4H3. The molecule has 0 spiro atoms. The minimum absolute atomic E-state index is 0.291. The van der Waals surface area contributed by atoms with Crippen molar-refractivity contribution in [1.29, 1.82) is 0 Å². The van der Waals surface area contributed by atoms with E-state index in [1.54, 1.807) is 13.8 Å².